The zero-order valence-electron chi connectivity index (χ0n) is 12.4. The number of fused-ring (bicyclic) bond motifs is 2. The monoisotopic (exact) mass is 298 g/mol. The molecule has 0 unspecified atom stereocenters. The van der Waals surface area contributed by atoms with Crippen LogP contribution in [0.4, 0.5) is 0 Å². The lowest BCUT2D eigenvalue weighted by atomic mass is 9.58. The van der Waals surface area contributed by atoms with Crippen molar-refractivity contribution in [3.63, 3.8) is 0 Å². The van der Waals surface area contributed by atoms with E-state index in [1.807, 2.05) is 13.8 Å². The fraction of sp³-hybridized carbons (Fsp3) is 0.933. The maximum Gasteiger partial charge on any atom is 0.311 e. The second-order valence-electron chi connectivity index (χ2n) is 7.10. The highest BCUT2D eigenvalue weighted by atomic mass is 17.3. The first-order valence-corrected chi connectivity index (χ1v) is 7.86. The molecular weight excluding hydrogens is 276 g/mol. The van der Waals surface area contributed by atoms with Crippen LogP contribution < -0.4 is 0 Å². The van der Waals surface area contributed by atoms with Crippen LogP contribution in [0.3, 0.4) is 0 Å². The molecule has 0 amide bonds. The van der Waals surface area contributed by atoms with Crippen molar-refractivity contribution in [2.24, 2.45) is 23.7 Å². The average molecular weight is 298 g/mol. The third-order valence-electron chi connectivity index (χ3n) is 6.01. The van der Waals surface area contributed by atoms with Crippen molar-refractivity contribution in [3.8, 4) is 0 Å². The minimum Gasteiger partial charge on any atom is -0.432 e. The van der Waals surface area contributed by atoms with Gasteiger partial charge in [-0.05, 0) is 32.1 Å². The quantitative estimate of drug-likeness (QED) is 0.582. The largest absolute Gasteiger partial charge is 0.432 e. The van der Waals surface area contributed by atoms with Gasteiger partial charge in [-0.25, -0.2) is 9.78 Å². The summed E-state index contributed by atoms with van der Waals surface area (Å²) in [6.07, 6.45) is 2.51. The van der Waals surface area contributed by atoms with Crippen LogP contribution in [0.1, 0.15) is 39.5 Å². The summed E-state index contributed by atoms with van der Waals surface area (Å²) in [4.78, 5) is 23.6. The van der Waals surface area contributed by atoms with Crippen molar-refractivity contribution in [1.29, 1.82) is 0 Å². The lowest BCUT2D eigenvalue weighted by Crippen LogP contribution is -2.70. The van der Waals surface area contributed by atoms with Gasteiger partial charge < -0.3 is 14.6 Å². The highest BCUT2D eigenvalue weighted by Gasteiger charge is 2.70. The molecule has 5 rings (SSSR count). The first kappa shape index (κ1) is 13.9. The molecule has 1 spiro atoms. The molecule has 5 aliphatic rings. The Morgan fingerprint density at radius 2 is 2.05 bits per heavy atom. The van der Waals surface area contributed by atoms with E-state index in [0.717, 1.165) is 19.3 Å². The molecule has 7 atom stereocenters. The third-order valence-corrected chi connectivity index (χ3v) is 6.01. The molecule has 1 N–H and O–H groups in total. The van der Waals surface area contributed by atoms with Crippen molar-refractivity contribution in [3.05, 3.63) is 0 Å². The predicted molar refractivity (Wildman–Crippen MR) is 69.5 cm³/mol. The van der Waals surface area contributed by atoms with Crippen LogP contribution in [0.25, 0.3) is 0 Å². The molecule has 6 heteroatoms. The van der Waals surface area contributed by atoms with E-state index in [2.05, 4.69) is 0 Å². The minimum absolute atomic E-state index is 0.0131. The van der Waals surface area contributed by atoms with Gasteiger partial charge in [0.2, 0.25) is 12.1 Å². The fourth-order valence-electron chi connectivity index (χ4n) is 4.81. The molecule has 2 bridgehead atoms. The van der Waals surface area contributed by atoms with Gasteiger partial charge in [0.1, 0.15) is 0 Å². The van der Waals surface area contributed by atoms with Gasteiger partial charge in [-0.2, -0.15) is 0 Å². The van der Waals surface area contributed by atoms with Gasteiger partial charge in [0.05, 0.1) is 5.92 Å². The van der Waals surface area contributed by atoms with Crippen LogP contribution in [0.2, 0.25) is 0 Å². The van der Waals surface area contributed by atoms with Crippen molar-refractivity contribution in [2.45, 2.75) is 57.2 Å². The average Bonchev–Trinajstić information content (AvgIpc) is 2.69. The highest BCUT2D eigenvalue weighted by Crippen LogP contribution is 2.59. The Morgan fingerprint density at radius 1 is 1.24 bits per heavy atom. The minimum atomic E-state index is -0.876. The summed E-state index contributed by atoms with van der Waals surface area (Å²) in [7, 11) is 0. The van der Waals surface area contributed by atoms with E-state index in [0.29, 0.717) is 6.42 Å². The van der Waals surface area contributed by atoms with Crippen molar-refractivity contribution >= 4 is 5.97 Å². The van der Waals surface area contributed by atoms with E-state index in [4.69, 9.17) is 19.2 Å². The van der Waals surface area contributed by atoms with Crippen LogP contribution in [0.15, 0.2) is 0 Å². The zero-order valence-corrected chi connectivity index (χ0v) is 12.4. The number of aliphatic hydroxyl groups is 1. The smallest absolute Gasteiger partial charge is 0.311 e. The Morgan fingerprint density at radius 3 is 2.81 bits per heavy atom. The maximum absolute atomic E-state index is 12.1. The second-order valence-corrected chi connectivity index (χ2v) is 7.10. The normalized spacial score (nSPS) is 55.6. The molecular formula is C15H22O6. The number of hydrogen-bond acceptors (Lipinski definition) is 6. The van der Waals surface area contributed by atoms with Crippen molar-refractivity contribution in [2.75, 3.05) is 6.61 Å². The molecule has 1 saturated carbocycles. The van der Waals surface area contributed by atoms with E-state index in [1.165, 1.54) is 0 Å². The number of ether oxygens (including phenoxy) is 2. The van der Waals surface area contributed by atoms with Gasteiger partial charge in [-0.15, -0.1) is 0 Å². The molecule has 0 radical (unpaired) electrons. The summed E-state index contributed by atoms with van der Waals surface area (Å²) in [5, 5.41) is 9.75. The number of aliphatic hydroxyl groups excluding tert-OH is 1. The lowest BCUT2D eigenvalue weighted by Gasteiger charge is -2.57. The predicted octanol–water partition coefficient (Wildman–Crippen LogP) is 1.37. The molecule has 0 aromatic rings. The highest BCUT2D eigenvalue weighted by molar-refractivity contribution is 5.74. The van der Waals surface area contributed by atoms with E-state index in [1.54, 1.807) is 0 Å². The Bertz CT molecular complexity index is 463. The summed E-state index contributed by atoms with van der Waals surface area (Å²) in [6, 6.07) is 0. The lowest BCUT2D eigenvalue weighted by molar-refractivity contribution is -0.559. The molecule has 21 heavy (non-hydrogen) atoms. The third kappa shape index (κ3) is 1.70. The molecule has 4 heterocycles. The Hall–Kier alpha value is -0.690. The van der Waals surface area contributed by atoms with Crippen LogP contribution >= 0.6 is 0 Å². The molecule has 4 aliphatic heterocycles. The topological polar surface area (TPSA) is 74.2 Å². The molecule has 1 aliphatic carbocycles. The maximum atomic E-state index is 12.1. The molecule has 118 valence electrons. The Labute approximate surface area is 123 Å². The molecule has 0 aromatic carbocycles. The Kier molecular flexibility index (Phi) is 2.93. The van der Waals surface area contributed by atoms with E-state index in [9.17, 15) is 9.90 Å². The van der Waals surface area contributed by atoms with Gasteiger partial charge >= 0.3 is 5.97 Å². The van der Waals surface area contributed by atoms with Gasteiger partial charge in [0.25, 0.3) is 0 Å². The zero-order chi connectivity index (χ0) is 14.8. The van der Waals surface area contributed by atoms with Crippen LogP contribution in [0.5, 0.6) is 0 Å². The van der Waals surface area contributed by atoms with Crippen LogP contribution in [-0.2, 0) is 24.0 Å². The van der Waals surface area contributed by atoms with E-state index >= 15 is 0 Å². The summed E-state index contributed by atoms with van der Waals surface area (Å²) in [5.74, 6) is -1.10. The van der Waals surface area contributed by atoms with Gasteiger partial charge in [0.15, 0.2) is 5.60 Å². The molecule has 4 saturated heterocycles. The Balaban J connectivity index is 1.82. The van der Waals surface area contributed by atoms with Crippen molar-refractivity contribution in [1.82, 2.24) is 0 Å². The first-order chi connectivity index (χ1) is 10.00. The molecule has 5 fully saturated rings. The summed E-state index contributed by atoms with van der Waals surface area (Å²) in [6.45, 7) is 3.82. The van der Waals surface area contributed by atoms with Crippen LogP contribution in [0, 0.1) is 23.7 Å². The number of carbonyl (C=O) groups is 1. The van der Waals surface area contributed by atoms with E-state index in [-0.39, 0.29) is 36.2 Å². The first-order valence-electron chi connectivity index (χ1n) is 7.86. The summed E-state index contributed by atoms with van der Waals surface area (Å²) < 4.78 is 11.5. The number of hydrogen-bond donors (Lipinski definition) is 1. The second kappa shape index (κ2) is 4.41. The number of carbonyl (C=O) groups excluding carboxylic acids is 1. The fourth-order valence-corrected chi connectivity index (χ4v) is 4.81. The van der Waals surface area contributed by atoms with E-state index < -0.39 is 17.7 Å². The molecule has 0 aromatic heterocycles. The van der Waals surface area contributed by atoms with Crippen molar-refractivity contribution < 1.29 is 29.1 Å². The standard InChI is InChI=1S/C15H22O6/c1-8-10-4-3-9(7-16)11-5-6-14(2)19-13(18-12(8)17)15(10,11)21-20-14/h8-11,13,16H,3-7H2,1-2H3/t8-,9+,10+,11+,13-,14-,15+/m1/s1. The van der Waals surface area contributed by atoms with Gasteiger partial charge in [0, 0.05) is 24.9 Å². The molecule has 6 nitrogen and oxygen atoms in total. The number of rotatable bonds is 1. The summed E-state index contributed by atoms with van der Waals surface area (Å²) >= 11 is 0. The SMILES string of the molecule is C[C@H]1C(=O)O[C@@H]2O[C@@]3(C)CC[C@H]4[C@H](CO)CC[C@@H]1[C@@]24OO3. The van der Waals surface area contributed by atoms with Crippen LogP contribution in [-0.4, -0.2) is 35.4 Å². The van der Waals surface area contributed by atoms with Gasteiger partial charge in [-0.1, -0.05) is 6.92 Å². The summed E-state index contributed by atoms with van der Waals surface area (Å²) in [5.41, 5.74) is -0.769. The van der Waals surface area contributed by atoms with Gasteiger partial charge in [-0.3, -0.25) is 4.79 Å². The number of esters is 1.